The summed E-state index contributed by atoms with van der Waals surface area (Å²) in [6.07, 6.45) is 6.53. The maximum Gasteiger partial charge on any atom is 0.227 e. The molecule has 0 unspecified atom stereocenters. The minimum absolute atomic E-state index is 0.0206. The van der Waals surface area contributed by atoms with Gasteiger partial charge in [0.05, 0.1) is 5.52 Å². The number of rotatable bonds is 4. The summed E-state index contributed by atoms with van der Waals surface area (Å²) in [6, 6.07) is 8.67. The molecule has 1 amide bonds. The minimum atomic E-state index is -0.192. The van der Waals surface area contributed by atoms with Crippen molar-refractivity contribution in [3.63, 3.8) is 0 Å². The van der Waals surface area contributed by atoms with Crippen LogP contribution in [0.15, 0.2) is 24.3 Å². The second-order valence-corrected chi connectivity index (χ2v) is 7.18. The van der Waals surface area contributed by atoms with Crippen molar-refractivity contribution in [2.24, 2.45) is 11.7 Å². The number of carbonyl (C=O) groups is 1. The zero-order valence-corrected chi connectivity index (χ0v) is 14.4. The highest BCUT2D eigenvalue weighted by atomic mass is 16.1. The van der Waals surface area contributed by atoms with Crippen LogP contribution >= 0.6 is 0 Å². The van der Waals surface area contributed by atoms with Gasteiger partial charge in [-0.2, -0.15) is 4.98 Å². The fourth-order valence-corrected chi connectivity index (χ4v) is 3.94. The van der Waals surface area contributed by atoms with Crippen molar-refractivity contribution in [3.8, 4) is 0 Å². The standard InChI is InChI=1S/C19H25N5O/c20-17(25)13-9-11-24(12-10-13)19-22-16-8-4-3-7-15(16)18(23-19)21-14-5-1-2-6-14/h3-4,7-8,13-14H,1-2,5-6,9-12H2,(H2,20,25)(H,21,22,23). The van der Waals surface area contributed by atoms with Gasteiger partial charge in [-0.1, -0.05) is 25.0 Å². The van der Waals surface area contributed by atoms with Gasteiger partial charge < -0.3 is 16.0 Å². The van der Waals surface area contributed by atoms with Gasteiger partial charge in [0.1, 0.15) is 5.82 Å². The summed E-state index contributed by atoms with van der Waals surface area (Å²) in [4.78, 5) is 23.2. The van der Waals surface area contributed by atoms with Gasteiger partial charge in [0.25, 0.3) is 0 Å². The normalized spacial score (nSPS) is 19.4. The van der Waals surface area contributed by atoms with Crippen LogP contribution in [0.1, 0.15) is 38.5 Å². The van der Waals surface area contributed by atoms with Gasteiger partial charge >= 0.3 is 0 Å². The molecule has 2 fully saturated rings. The lowest BCUT2D eigenvalue weighted by Crippen LogP contribution is -2.39. The van der Waals surface area contributed by atoms with Gasteiger partial charge in [0.2, 0.25) is 11.9 Å². The summed E-state index contributed by atoms with van der Waals surface area (Å²) in [7, 11) is 0. The average Bonchev–Trinajstić information content (AvgIpc) is 3.15. The highest BCUT2D eigenvalue weighted by Crippen LogP contribution is 2.29. The number of nitrogens with two attached hydrogens (primary N) is 1. The molecule has 1 aromatic carbocycles. The van der Waals surface area contributed by atoms with Crippen LogP contribution in [-0.4, -0.2) is 35.0 Å². The molecule has 132 valence electrons. The van der Waals surface area contributed by atoms with Gasteiger partial charge in [-0.05, 0) is 37.8 Å². The van der Waals surface area contributed by atoms with E-state index in [1.54, 1.807) is 0 Å². The molecular formula is C19H25N5O. The molecule has 3 N–H and O–H groups in total. The zero-order valence-electron chi connectivity index (χ0n) is 14.4. The molecule has 0 bridgehead atoms. The Labute approximate surface area is 147 Å². The third-order valence-corrected chi connectivity index (χ3v) is 5.47. The summed E-state index contributed by atoms with van der Waals surface area (Å²) < 4.78 is 0. The first-order valence-electron chi connectivity index (χ1n) is 9.28. The number of nitrogens with zero attached hydrogens (tertiary/aromatic N) is 3. The Balaban J connectivity index is 1.62. The Bertz CT molecular complexity index is 763. The number of fused-ring (bicyclic) bond motifs is 1. The van der Waals surface area contributed by atoms with Crippen LogP contribution in [0.3, 0.4) is 0 Å². The SMILES string of the molecule is NC(=O)C1CCN(c2nc(NC3CCCC3)c3ccccc3n2)CC1. The molecule has 2 aliphatic rings. The van der Waals surface area contributed by atoms with E-state index in [2.05, 4.69) is 16.3 Å². The number of nitrogens with one attached hydrogen (secondary N) is 1. The Morgan fingerprint density at radius 3 is 2.52 bits per heavy atom. The third-order valence-electron chi connectivity index (χ3n) is 5.47. The molecular weight excluding hydrogens is 314 g/mol. The number of hydrogen-bond acceptors (Lipinski definition) is 5. The number of anilines is 2. The van der Waals surface area contributed by atoms with E-state index in [0.29, 0.717) is 6.04 Å². The van der Waals surface area contributed by atoms with Crippen molar-refractivity contribution in [2.45, 2.75) is 44.6 Å². The van der Waals surface area contributed by atoms with Gasteiger partial charge in [0.15, 0.2) is 0 Å². The first-order chi connectivity index (χ1) is 12.2. The zero-order chi connectivity index (χ0) is 17.2. The second kappa shape index (κ2) is 6.86. The molecule has 1 saturated heterocycles. The molecule has 0 atom stereocenters. The van der Waals surface area contributed by atoms with Crippen LogP contribution in [0.25, 0.3) is 10.9 Å². The predicted molar refractivity (Wildman–Crippen MR) is 99.5 cm³/mol. The number of carbonyl (C=O) groups excluding carboxylic acids is 1. The number of benzene rings is 1. The molecule has 1 aromatic heterocycles. The lowest BCUT2D eigenvalue weighted by atomic mass is 9.96. The third kappa shape index (κ3) is 3.38. The maximum absolute atomic E-state index is 11.4. The summed E-state index contributed by atoms with van der Waals surface area (Å²) >= 11 is 0. The molecule has 0 radical (unpaired) electrons. The molecule has 1 saturated carbocycles. The largest absolute Gasteiger partial charge is 0.369 e. The number of piperidine rings is 1. The monoisotopic (exact) mass is 339 g/mol. The second-order valence-electron chi connectivity index (χ2n) is 7.18. The lowest BCUT2D eigenvalue weighted by Gasteiger charge is -2.31. The van der Waals surface area contributed by atoms with Crippen LogP contribution < -0.4 is 16.0 Å². The Kier molecular flexibility index (Phi) is 4.42. The highest BCUT2D eigenvalue weighted by molar-refractivity contribution is 5.90. The van der Waals surface area contributed by atoms with Gasteiger partial charge in [-0.3, -0.25) is 4.79 Å². The van der Waals surface area contributed by atoms with Gasteiger partial charge in [-0.25, -0.2) is 4.98 Å². The summed E-state index contributed by atoms with van der Waals surface area (Å²) in [6.45, 7) is 1.55. The van der Waals surface area contributed by atoms with E-state index in [0.717, 1.165) is 48.6 Å². The quantitative estimate of drug-likeness (QED) is 0.895. The number of primary amides is 1. The fourth-order valence-electron chi connectivity index (χ4n) is 3.94. The van der Waals surface area contributed by atoms with E-state index in [1.807, 2.05) is 18.2 Å². The highest BCUT2D eigenvalue weighted by Gasteiger charge is 2.25. The molecule has 4 rings (SSSR count). The first-order valence-corrected chi connectivity index (χ1v) is 9.28. The fraction of sp³-hybridized carbons (Fsp3) is 0.526. The van der Waals surface area contributed by atoms with Crippen LogP contribution in [-0.2, 0) is 4.79 Å². The molecule has 6 nitrogen and oxygen atoms in total. The summed E-state index contributed by atoms with van der Waals surface area (Å²) in [5.74, 6) is 1.47. The van der Waals surface area contributed by atoms with Crippen LogP contribution in [0.5, 0.6) is 0 Å². The number of para-hydroxylation sites is 1. The van der Waals surface area contributed by atoms with Gasteiger partial charge in [-0.15, -0.1) is 0 Å². The van der Waals surface area contributed by atoms with Crippen molar-refractivity contribution in [1.29, 1.82) is 0 Å². The van der Waals surface area contributed by atoms with E-state index < -0.39 is 0 Å². The number of hydrogen-bond donors (Lipinski definition) is 2. The maximum atomic E-state index is 11.4. The number of aromatic nitrogens is 2. The van der Waals surface area contributed by atoms with E-state index in [-0.39, 0.29) is 11.8 Å². The van der Waals surface area contributed by atoms with Crippen molar-refractivity contribution in [3.05, 3.63) is 24.3 Å². The van der Waals surface area contributed by atoms with Crippen LogP contribution in [0.4, 0.5) is 11.8 Å². The molecule has 2 aromatic rings. The molecule has 25 heavy (non-hydrogen) atoms. The average molecular weight is 339 g/mol. The minimum Gasteiger partial charge on any atom is -0.369 e. The van der Waals surface area contributed by atoms with E-state index in [1.165, 1.54) is 25.7 Å². The predicted octanol–water partition coefficient (Wildman–Crippen LogP) is 2.69. The smallest absolute Gasteiger partial charge is 0.227 e. The van der Waals surface area contributed by atoms with Gasteiger partial charge in [0, 0.05) is 30.4 Å². The topological polar surface area (TPSA) is 84.1 Å². The van der Waals surface area contributed by atoms with Crippen LogP contribution in [0.2, 0.25) is 0 Å². The molecule has 1 aliphatic carbocycles. The Hall–Kier alpha value is -2.37. The van der Waals surface area contributed by atoms with Crippen molar-refractivity contribution >= 4 is 28.6 Å². The Morgan fingerprint density at radius 2 is 1.80 bits per heavy atom. The molecule has 1 aliphatic heterocycles. The Morgan fingerprint density at radius 1 is 1.08 bits per heavy atom. The van der Waals surface area contributed by atoms with Crippen molar-refractivity contribution < 1.29 is 4.79 Å². The van der Waals surface area contributed by atoms with Crippen molar-refractivity contribution in [1.82, 2.24) is 9.97 Å². The summed E-state index contributed by atoms with van der Waals surface area (Å²) in [5.41, 5.74) is 6.41. The molecule has 2 heterocycles. The molecule has 0 spiro atoms. The lowest BCUT2D eigenvalue weighted by molar-refractivity contribution is -0.122. The van der Waals surface area contributed by atoms with Crippen LogP contribution in [0, 0.1) is 5.92 Å². The van der Waals surface area contributed by atoms with E-state index in [9.17, 15) is 4.79 Å². The van der Waals surface area contributed by atoms with E-state index in [4.69, 9.17) is 15.7 Å². The molecule has 6 heteroatoms. The van der Waals surface area contributed by atoms with E-state index >= 15 is 0 Å². The first kappa shape index (κ1) is 16.1. The number of amides is 1. The van der Waals surface area contributed by atoms with Crippen molar-refractivity contribution in [2.75, 3.05) is 23.3 Å². The summed E-state index contributed by atoms with van der Waals surface area (Å²) in [5, 5.41) is 4.71.